The van der Waals surface area contributed by atoms with Crippen LogP contribution in [0.5, 0.6) is 0 Å². The van der Waals surface area contributed by atoms with E-state index in [0.717, 1.165) is 42.9 Å². The Kier molecular flexibility index (Phi) is 7.81. The van der Waals surface area contributed by atoms with Crippen LogP contribution < -0.4 is 10.2 Å². The molecule has 0 aliphatic heterocycles. The normalized spacial score (nSPS) is 10.7. The Labute approximate surface area is 128 Å². The molecule has 0 saturated heterocycles. The minimum Gasteiger partial charge on any atom is -0.383 e. The van der Waals surface area contributed by atoms with Crippen molar-refractivity contribution in [1.29, 1.82) is 5.26 Å². The van der Waals surface area contributed by atoms with Gasteiger partial charge in [-0.2, -0.15) is 5.26 Å². The summed E-state index contributed by atoms with van der Waals surface area (Å²) in [6.07, 6.45) is 1.11. The first-order valence-corrected chi connectivity index (χ1v) is 7.63. The van der Waals surface area contributed by atoms with Gasteiger partial charge in [0.1, 0.15) is 6.07 Å². The van der Waals surface area contributed by atoms with Crippen molar-refractivity contribution in [3.05, 3.63) is 29.3 Å². The van der Waals surface area contributed by atoms with Crippen molar-refractivity contribution in [2.45, 2.75) is 39.8 Å². The first-order valence-electron chi connectivity index (χ1n) is 7.63. The average molecular weight is 289 g/mol. The predicted molar refractivity (Wildman–Crippen MR) is 87.5 cm³/mol. The van der Waals surface area contributed by atoms with Gasteiger partial charge >= 0.3 is 0 Å². The van der Waals surface area contributed by atoms with Crippen LogP contribution >= 0.6 is 0 Å². The number of rotatable bonds is 9. The Hall–Kier alpha value is -1.57. The Balaban J connectivity index is 2.92. The van der Waals surface area contributed by atoms with E-state index in [4.69, 9.17) is 4.74 Å². The van der Waals surface area contributed by atoms with E-state index in [-0.39, 0.29) is 0 Å². The molecule has 0 saturated carbocycles. The Bertz CT molecular complexity index is 466. The van der Waals surface area contributed by atoms with Crippen molar-refractivity contribution in [2.75, 3.05) is 31.7 Å². The van der Waals surface area contributed by atoms with Crippen molar-refractivity contribution < 1.29 is 4.74 Å². The summed E-state index contributed by atoms with van der Waals surface area (Å²) in [5.41, 5.74) is 2.87. The summed E-state index contributed by atoms with van der Waals surface area (Å²) < 4.78 is 5.17. The van der Waals surface area contributed by atoms with Crippen LogP contribution in [0.2, 0.25) is 0 Å². The molecular weight excluding hydrogens is 262 g/mol. The molecule has 1 aromatic carbocycles. The van der Waals surface area contributed by atoms with E-state index in [9.17, 15) is 5.26 Å². The van der Waals surface area contributed by atoms with Crippen LogP contribution in [0, 0.1) is 11.3 Å². The second-order valence-electron chi connectivity index (χ2n) is 5.42. The summed E-state index contributed by atoms with van der Waals surface area (Å²) in [6, 6.07) is 8.80. The summed E-state index contributed by atoms with van der Waals surface area (Å²) in [6.45, 7) is 9.66. The summed E-state index contributed by atoms with van der Waals surface area (Å²) in [7, 11) is 1.70. The molecule has 0 fully saturated rings. The molecule has 116 valence electrons. The van der Waals surface area contributed by atoms with Crippen molar-refractivity contribution in [3.63, 3.8) is 0 Å². The number of benzene rings is 1. The molecule has 0 aliphatic rings. The Morgan fingerprint density at radius 3 is 2.71 bits per heavy atom. The van der Waals surface area contributed by atoms with Crippen LogP contribution in [0.4, 0.5) is 5.69 Å². The van der Waals surface area contributed by atoms with Crippen molar-refractivity contribution in [1.82, 2.24) is 5.32 Å². The summed E-state index contributed by atoms with van der Waals surface area (Å²) in [5.74, 6) is 0. The number of hydrogen-bond donors (Lipinski definition) is 1. The maximum absolute atomic E-state index is 9.44. The maximum atomic E-state index is 9.44. The number of nitrogens with zero attached hydrogens (tertiary/aromatic N) is 2. The van der Waals surface area contributed by atoms with Gasteiger partial charge in [0, 0.05) is 26.2 Å². The number of ether oxygens (including phenoxy) is 1. The highest BCUT2D eigenvalue weighted by Crippen LogP contribution is 2.23. The molecule has 1 N–H and O–H groups in total. The Morgan fingerprint density at radius 2 is 2.14 bits per heavy atom. The Morgan fingerprint density at radius 1 is 1.38 bits per heavy atom. The molecule has 0 spiro atoms. The number of methoxy groups -OCH3 is 1. The first kappa shape index (κ1) is 17.5. The lowest BCUT2D eigenvalue weighted by molar-refractivity contribution is 0.204. The average Bonchev–Trinajstić information content (AvgIpc) is 2.48. The molecule has 0 amide bonds. The third-order valence-electron chi connectivity index (χ3n) is 3.41. The van der Waals surface area contributed by atoms with E-state index >= 15 is 0 Å². The molecule has 4 nitrogen and oxygen atoms in total. The van der Waals surface area contributed by atoms with Gasteiger partial charge in [0.15, 0.2) is 0 Å². The maximum Gasteiger partial charge on any atom is 0.101 e. The predicted octanol–water partition coefficient (Wildman–Crippen LogP) is 2.92. The summed E-state index contributed by atoms with van der Waals surface area (Å²) >= 11 is 0. The third kappa shape index (κ3) is 5.37. The lowest BCUT2D eigenvalue weighted by atomic mass is 10.1. The minimum absolute atomic E-state index is 0.330. The molecule has 4 heteroatoms. The number of hydrogen-bond acceptors (Lipinski definition) is 4. The standard InChI is InChI=1S/C17H27N3O/c1-5-8-19-13-15-6-7-17(16(11-15)12-18)20(14(2)3)9-10-21-4/h6-7,11,14,19H,5,8-10,13H2,1-4H3. The molecule has 0 radical (unpaired) electrons. The van der Waals surface area contributed by atoms with Gasteiger partial charge in [-0.15, -0.1) is 0 Å². The second-order valence-corrected chi connectivity index (χ2v) is 5.42. The van der Waals surface area contributed by atoms with Crippen LogP contribution in [0.15, 0.2) is 18.2 Å². The van der Waals surface area contributed by atoms with E-state index < -0.39 is 0 Å². The number of anilines is 1. The van der Waals surface area contributed by atoms with Gasteiger partial charge in [-0.3, -0.25) is 0 Å². The quantitative estimate of drug-likeness (QED) is 0.710. The zero-order valence-corrected chi connectivity index (χ0v) is 13.6. The molecule has 0 bridgehead atoms. The topological polar surface area (TPSA) is 48.3 Å². The van der Waals surface area contributed by atoms with Crippen LogP contribution in [0.1, 0.15) is 38.3 Å². The van der Waals surface area contributed by atoms with Gasteiger partial charge < -0.3 is 15.0 Å². The molecule has 0 aliphatic carbocycles. The SMILES string of the molecule is CCCNCc1ccc(N(CCOC)C(C)C)c(C#N)c1. The molecule has 0 unspecified atom stereocenters. The van der Waals surface area contributed by atoms with Crippen molar-refractivity contribution in [3.8, 4) is 6.07 Å². The fraction of sp³-hybridized carbons (Fsp3) is 0.588. The monoisotopic (exact) mass is 289 g/mol. The first-order chi connectivity index (χ1) is 10.1. The van der Waals surface area contributed by atoms with Crippen molar-refractivity contribution >= 4 is 5.69 Å². The van der Waals surface area contributed by atoms with Crippen LogP contribution in [0.25, 0.3) is 0 Å². The molecule has 0 atom stereocenters. The third-order valence-corrected chi connectivity index (χ3v) is 3.41. The zero-order chi connectivity index (χ0) is 15.7. The zero-order valence-electron chi connectivity index (χ0n) is 13.6. The second kappa shape index (κ2) is 9.38. The molecule has 0 heterocycles. The molecule has 0 aromatic heterocycles. The van der Waals surface area contributed by atoms with Crippen LogP contribution in [0.3, 0.4) is 0 Å². The van der Waals surface area contributed by atoms with Gasteiger partial charge in [0.05, 0.1) is 17.9 Å². The molecule has 21 heavy (non-hydrogen) atoms. The van der Waals surface area contributed by atoms with Gasteiger partial charge in [-0.25, -0.2) is 0 Å². The number of nitrogens with one attached hydrogen (secondary N) is 1. The van der Waals surface area contributed by atoms with Crippen LogP contribution in [-0.4, -0.2) is 32.8 Å². The largest absolute Gasteiger partial charge is 0.383 e. The van der Waals surface area contributed by atoms with Gasteiger partial charge in [-0.05, 0) is 44.5 Å². The highest BCUT2D eigenvalue weighted by atomic mass is 16.5. The smallest absolute Gasteiger partial charge is 0.101 e. The fourth-order valence-electron chi connectivity index (χ4n) is 2.29. The molecule has 1 rings (SSSR count). The highest BCUT2D eigenvalue weighted by molar-refractivity contribution is 5.61. The number of nitriles is 1. The van der Waals surface area contributed by atoms with E-state index in [0.29, 0.717) is 12.6 Å². The molecular formula is C17H27N3O. The summed E-state index contributed by atoms with van der Waals surface area (Å²) in [4.78, 5) is 2.21. The van der Waals surface area contributed by atoms with E-state index in [1.807, 2.05) is 6.07 Å². The fourth-order valence-corrected chi connectivity index (χ4v) is 2.29. The van der Waals surface area contributed by atoms with Crippen molar-refractivity contribution in [2.24, 2.45) is 0 Å². The van der Waals surface area contributed by atoms with Gasteiger partial charge in [0.25, 0.3) is 0 Å². The van der Waals surface area contributed by atoms with Gasteiger partial charge in [0.2, 0.25) is 0 Å². The summed E-state index contributed by atoms with van der Waals surface area (Å²) in [5, 5.41) is 12.8. The van der Waals surface area contributed by atoms with Gasteiger partial charge in [-0.1, -0.05) is 13.0 Å². The lowest BCUT2D eigenvalue weighted by Crippen LogP contribution is -2.34. The van der Waals surface area contributed by atoms with Crippen LogP contribution in [-0.2, 0) is 11.3 Å². The van der Waals surface area contributed by atoms with E-state index in [1.165, 1.54) is 0 Å². The van der Waals surface area contributed by atoms with E-state index in [1.54, 1.807) is 7.11 Å². The molecule has 1 aromatic rings. The minimum atomic E-state index is 0.330. The van der Waals surface area contributed by atoms with E-state index in [2.05, 4.69) is 49.2 Å². The highest BCUT2D eigenvalue weighted by Gasteiger charge is 2.14. The lowest BCUT2D eigenvalue weighted by Gasteiger charge is -2.29.